The second kappa shape index (κ2) is 5.72. The Hall–Kier alpha value is -1.10. The minimum atomic E-state index is 0.0438. The van der Waals surface area contributed by atoms with Crippen LogP contribution in [0.5, 0.6) is 0 Å². The number of likely N-dealkylation sites (tertiary alicyclic amines) is 1. The van der Waals surface area contributed by atoms with Gasteiger partial charge in [-0.3, -0.25) is 9.69 Å². The largest absolute Gasteiger partial charge is 0.391 e. The average Bonchev–Trinajstić information content (AvgIpc) is 2.93. The molecule has 0 bridgehead atoms. The molecule has 112 valence electrons. The first-order chi connectivity index (χ1) is 9.63. The normalized spacial score (nSPS) is 30.4. The molecular weight excluding hydrogens is 254 g/mol. The van der Waals surface area contributed by atoms with E-state index in [9.17, 15) is 4.79 Å². The van der Waals surface area contributed by atoms with Crippen molar-refractivity contribution in [1.29, 1.82) is 0 Å². The van der Waals surface area contributed by atoms with E-state index in [0.29, 0.717) is 12.0 Å². The molecule has 0 aromatic rings. The Morgan fingerprint density at radius 2 is 2.25 bits per heavy atom. The van der Waals surface area contributed by atoms with Crippen LogP contribution in [0, 0.1) is 5.92 Å². The fourth-order valence-electron chi connectivity index (χ4n) is 3.02. The summed E-state index contributed by atoms with van der Waals surface area (Å²) in [6.45, 7) is 6.11. The first kappa shape index (κ1) is 13.9. The summed E-state index contributed by atoms with van der Waals surface area (Å²) in [6, 6.07) is 0.492. The van der Waals surface area contributed by atoms with Crippen LogP contribution in [0.15, 0.2) is 5.16 Å². The quantitative estimate of drug-likeness (QED) is 0.830. The van der Waals surface area contributed by atoms with Gasteiger partial charge in [-0.15, -0.1) is 0 Å². The first-order valence-electron chi connectivity index (χ1n) is 7.90. The van der Waals surface area contributed by atoms with Crippen LogP contribution in [0.4, 0.5) is 0 Å². The molecule has 2 fully saturated rings. The van der Waals surface area contributed by atoms with Gasteiger partial charge < -0.3 is 10.2 Å². The van der Waals surface area contributed by atoms with Gasteiger partial charge in [0.05, 0.1) is 11.8 Å². The fraction of sp³-hybridized carbons (Fsp3) is 0.867. The topological polar surface area (TPSA) is 53.9 Å². The lowest BCUT2D eigenvalue weighted by Crippen LogP contribution is -2.46. The van der Waals surface area contributed by atoms with E-state index in [1.807, 2.05) is 0 Å². The van der Waals surface area contributed by atoms with Gasteiger partial charge in [0.25, 0.3) is 0 Å². The zero-order valence-corrected chi connectivity index (χ0v) is 12.5. The highest BCUT2D eigenvalue weighted by Gasteiger charge is 2.36. The molecule has 0 aromatic heterocycles. The lowest BCUT2D eigenvalue weighted by Gasteiger charge is -2.25. The van der Waals surface area contributed by atoms with Crippen LogP contribution in [-0.4, -0.2) is 47.8 Å². The van der Waals surface area contributed by atoms with Gasteiger partial charge in [0.15, 0.2) is 0 Å². The Kier molecular flexibility index (Phi) is 3.96. The molecule has 2 unspecified atom stereocenters. The number of carbonyl (C=O) groups excluding carboxylic acids is 1. The van der Waals surface area contributed by atoms with E-state index in [4.69, 9.17) is 4.84 Å². The molecule has 0 spiro atoms. The molecule has 3 aliphatic rings. The van der Waals surface area contributed by atoms with Gasteiger partial charge in [0.2, 0.25) is 5.91 Å². The third kappa shape index (κ3) is 3.14. The molecule has 1 N–H and O–H groups in total. The maximum atomic E-state index is 12.2. The van der Waals surface area contributed by atoms with Crippen LogP contribution in [0.1, 0.15) is 46.0 Å². The molecule has 5 nitrogen and oxygen atoms in total. The van der Waals surface area contributed by atoms with Crippen LogP contribution in [0.3, 0.4) is 0 Å². The minimum Gasteiger partial charge on any atom is -0.391 e. The van der Waals surface area contributed by atoms with Gasteiger partial charge >= 0.3 is 0 Å². The van der Waals surface area contributed by atoms with E-state index in [1.165, 1.54) is 0 Å². The molecule has 1 aliphatic carbocycles. The zero-order chi connectivity index (χ0) is 14.1. The predicted octanol–water partition coefficient (Wildman–Crippen LogP) is 1.53. The van der Waals surface area contributed by atoms with Gasteiger partial charge in [-0.05, 0) is 38.1 Å². The molecule has 3 rings (SSSR count). The highest BCUT2D eigenvalue weighted by atomic mass is 16.6. The summed E-state index contributed by atoms with van der Waals surface area (Å²) in [5.41, 5.74) is 1.15. The SMILES string of the molecule is CC(C)C1=NOC(CN2CCCC2C(=O)NC2CC2)C1. The van der Waals surface area contributed by atoms with Crippen molar-refractivity contribution in [3.05, 3.63) is 0 Å². The van der Waals surface area contributed by atoms with Crippen LogP contribution >= 0.6 is 0 Å². The van der Waals surface area contributed by atoms with Gasteiger partial charge in [-0.2, -0.15) is 0 Å². The van der Waals surface area contributed by atoms with Gasteiger partial charge in [-0.1, -0.05) is 19.0 Å². The van der Waals surface area contributed by atoms with E-state index in [2.05, 4.69) is 29.2 Å². The standard InChI is InChI=1S/C15H25N3O2/c1-10(2)13-8-12(20-17-13)9-18-7-3-4-14(18)15(19)16-11-5-6-11/h10-12,14H,3-9H2,1-2H3,(H,16,19). The van der Waals surface area contributed by atoms with Crippen molar-refractivity contribution in [1.82, 2.24) is 10.2 Å². The summed E-state index contributed by atoms with van der Waals surface area (Å²) >= 11 is 0. The average molecular weight is 279 g/mol. The number of nitrogens with one attached hydrogen (secondary N) is 1. The van der Waals surface area contributed by atoms with Crippen molar-refractivity contribution >= 4 is 11.6 Å². The van der Waals surface area contributed by atoms with Crippen molar-refractivity contribution in [2.45, 2.75) is 64.1 Å². The summed E-state index contributed by atoms with van der Waals surface area (Å²) in [4.78, 5) is 20.0. The summed E-state index contributed by atoms with van der Waals surface area (Å²) in [5, 5.41) is 7.30. The van der Waals surface area contributed by atoms with Crippen molar-refractivity contribution in [3.63, 3.8) is 0 Å². The second-order valence-electron chi connectivity index (χ2n) is 6.60. The Morgan fingerprint density at radius 3 is 2.90 bits per heavy atom. The van der Waals surface area contributed by atoms with Crippen molar-refractivity contribution in [3.8, 4) is 0 Å². The zero-order valence-electron chi connectivity index (χ0n) is 12.5. The molecule has 1 amide bonds. The van der Waals surface area contributed by atoms with Crippen LogP contribution in [0.2, 0.25) is 0 Å². The smallest absolute Gasteiger partial charge is 0.237 e. The molecule has 0 aromatic carbocycles. The Labute approximate surface area is 120 Å². The monoisotopic (exact) mass is 279 g/mol. The second-order valence-corrected chi connectivity index (χ2v) is 6.60. The summed E-state index contributed by atoms with van der Waals surface area (Å²) in [5.74, 6) is 0.667. The van der Waals surface area contributed by atoms with E-state index in [1.54, 1.807) is 0 Å². The lowest BCUT2D eigenvalue weighted by molar-refractivity contribution is -0.126. The number of nitrogens with zero attached hydrogens (tertiary/aromatic N) is 2. The van der Waals surface area contributed by atoms with Crippen molar-refractivity contribution in [2.75, 3.05) is 13.1 Å². The number of amides is 1. The summed E-state index contributed by atoms with van der Waals surface area (Å²) in [6.07, 6.45) is 5.41. The fourth-order valence-corrected chi connectivity index (χ4v) is 3.02. The van der Waals surface area contributed by atoms with Crippen LogP contribution in [0.25, 0.3) is 0 Å². The highest BCUT2D eigenvalue weighted by molar-refractivity contribution is 5.87. The summed E-state index contributed by atoms with van der Waals surface area (Å²) < 4.78 is 0. The van der Waals surface area contributed by atoms with E-state index in [-0.39, 0.29) is 18.1 Å². The Balaban J connectivity index is 1.50. The number of hydrogen-bond acceptors (Lipinski definition) is 4. The van der Waals surface area contributed by atoms with Crippen LogP contribution < -0.4 is 5.32 Å². The van der Waals surface area contributed by atoms with Gasteiger partial charge in [0, 0.05) is 19.0 Å². The van der Waals surface area contributed by atoms with E-state index in [0.717, 1.165) is 50.9 Å². The number of oxime groups is 1. The predicted molar refractivity (Wildman–Crippen MR) is 77.5 cm³/mol. The Bertz CT molecular complexity index is 404. The third-order valence-electron chi connectivity index (χ3n) is 4.45. The van der Waals surface area contributed by atoms with Crippen LogP contribution in [-0.2, 0) is 9.63 Å². The molecule has 1 saturated heterocycles. The van der Waals surface area contributed by atoms with E-state index < -0.39 is 0 Å². The molecule has 5 heteroatoms. The number of hydrogen-bond donors (Lipinski definition) is 1. The third-order valence-corrected chi connectivity index (χ3v) is 4.45. The van der Waals surface area contributed by atoms with Gasteiger partial charge in [-0.25, -0.2) is 0 Å². The first-order valence-corrected chi connectivity index (χ1v) is 7.90. The molecule has 2 heterocycles. The van der Waals surface area contributed by atoms with Crippen molar-refractivity contribution < 1.29 is 9.63 Å². The summed E-state index contributed by atoms with van der Waals surface area (Å²) in [7, 11) is 0. The van der Waals surface area contributed by atoms with Gasteiger partial charge in [0.1, 0.15) is 6.10 Å². The van der Waals surface area contributed by atoms with Crippen molar-refractivity contribution in [2.24, 2.45) is 11.1 Å². The number of carbonyl (C=O) groups is 1. The maximum Gasteiger partial charge on any atom is 0.237 e. The highest BCUT2D eigenvalue weighted by Crippen LogP contribution is 2.24. The molecule has 1 saturated carbocycles. The molecular formula is C15H25N3O2. The molecule has 2 atom stereocenters. The minimum absolute atomic E-state index is 0.0438. The number of rotatable bonds is 5. The Morgan fingerprint density at radius 1 is 1.45 bits per heavy atom. The molecule has 20 heavy (non-hydrogen) atoms. The lowest BCUT2D eigenvalue weighted by atomic mass is 10.0. The molecule has 2 aliphatic heterocycles. The molecule has 0 radical (unpaired) electrons. The maximum absolute atomic E-state index is 12.2. The van der Waals surface area contributed by atoms with E-state index >= 15 is 0 Å².